The Kier molecular flexibility index (Phi) is 18.0. The van der Waals surface area contributed by atoms with Crippen LogP contribution < -0.4 is 26.1 Å². The van der Waals surface area contributed by atoms with Crippen LogP contribution in [-0.2, 0) is 17.6 Å². The molecule has 3 heterocycles. The van der Waals surface area contributed by atoms with Gasteiger partial charge < -0.3 is 24.6 Å². The van der Waals surface area contributed by atoms with Gasteiger partial charge in [0.25, 0.3) is 0 Å². The number of nitrogens with zero attached hydrogens (tertiary/aromatic N) is 5. The second-order valence-corrected chi connectivity index (χ2v) is 16.7. The van der Waals surface area contributed by atoms with Gasteiger partial charge in [-0.05, 0) is 127 Å². The van der Waals surface area contributed by atoms with Gasteiger partial charge in [-0.2, -0.15) is 5.10 Å². The molecule has 4 fully saturated rings. The van der Waals surface area contributed by atoms with E-state index in [0.717, 1.165) is 68.1 Å². The highest BCUT2D eigenvalue weighted by Gasteiger charge is 2.28. The molecule has 1 aromatic heterocycles. The summed E-state index contributed by atoms with van der Waals surface area (Å²) in [7, 11) is 7.71. The Balaban J connectivity index is 0.000000181. The molecule has 2 aliphatic heterocycles. The molecule has 3 aromatic rings. The standard InChI is InChI=1S/C22H32N4O.C16H21NO2S.C6H15N3/c1-25-14-12-19(13-15-25)26-22(18-6-4-3-5-7-18)23-21(24-26)16-17-8-10-20(27-2)11-9-17;1-19-14-9-7-12(8-10-14)11-15(20)17-16(18)13-5-3-2-4-6-13;1-9-4-2-6(8-7)3-5-9/h8-11,18-19H,3-7,12-16H2,1-2H3;7-10,13H,2-6,11H2,1H3,(H,17,18,20);6,8H,2-5,7H2,1H3. The van der Waals surface area contributed by atoms with E-state index in [1.54, 1.807) is 14.2 Å². The van der Waals surface area contributed by atoms with Crippen LogP contribution in [0.2, 0.25) is 0 Å². The molecule has 7 rings (SSSR count). The second-order valence-electron chi connectivity index (χ2n) is 16.2. The van der Waals surface area contributed by atoms with Crippen molar-refractivity contribution in [3.63, 3.8) is 0 Å². The molecule has 2 aromatic carbocycles. The van der Waals surface area contributed by atoms with E-state index >= 15 is 0 Å². The van der Waals surface area contributed by atoms with Crippen LogP contribution in [0.5, 0.6) is 11.5 Å². The largest absolute Gasteiger partial charge is 0.497 e. The van der Waals surface area contributed by atoms with Crippen molar-refractivity contribution in [2.75, 3.05) is 54.5 Å². The molecule has 308 valence electrons. The highest BCUT2D eigenvalue weighted by molar-refractivity contribution is 7.80. The van der Waals surface area contributed by atoms with Crippen molar-refractivity contribution >= 4 is 23.1 Å². The number of benzene rings is 2. The Bertz CT molecular complexity index is 1590. The van der Waals surface area contributed by atoms with Gasteiger partial charge in [0.2, 0.25) is 5.91 Å². The SMILES string of the molecule is CN1CCC(NN)CC1.COc1ccc(CC(=S)NC(=O)C2CCCCC2)cc1.COc1ccc(Cc2nc(C3CCCCC3)n(C3CCN(C)CC3)n2)cc1. The number of hydrogen-bond donors (Lipinski definition) is 3. The maximum atomic E-state index is 12.1. The number of ether oxygens (including phenoxy) is 2. The number of thiocarbonyl (C=S) groups is 1. The lowest BCUT2D eigenvalue weighted by molar-refractivity contribution is -0.124. The smallest absolute Gasteiger partial charge is 0.227 e. The maximum absolute atomic E-state index is 12.1. The number of carbonyl (C=O) groups excluding carboxylic acids is 1. The predicted octanol–water partition coefficient (Wildman–Crippen LogP) is 7.00. The summed E-state index contributed by atoms with van der Waals surface area (Å²) < 4.78 is 12.7. The van der Waals surface area contributed by atoms with Crippen molar-refractivity contribution < 1.29 is 14.3 Å². The quantitative estimate of drug-likeness (QED) is 0.113. The molecule has 4 aliphatic rings. The lowest BCUT2D eigenvalue weighted by atomic mass is 9.88. The summed E-state index contributed by atoms with van der Waals surface area (Å²) in [4.78, 5) is 22.5. The number of amides is 1. The molecule has 12 heteroatoms. The van der Waals surface area contributed by atoms with Gasteiger partial charge in [0, 0.05) is 30.7 Å². The topological polar surface area (TPSA) is 123 Å². The van der Waals surface area contributed by atoms with Gasteiger partial charge in [-0.25, -0.2) is 9.67 Å². The minimum absolute atomic E-state index is 0.100. The van der Waals surface area contributed by atoms with E-state index in [1.165, 1.54) is 88.7 Å². The summed E-state index contributed by atoms with van der Waals surface area (Å²) in [6, 6.07) is 17.1. The summed E-state index contributed by atoms with van der Waals surface area (Å²) in [6.45, 7) is 4.66. The van der Waals surface area contributed by atoms with Gasteiger partial charge in [-0.3, -0.25) is 16.1 Å². The molecule has 0 atom stereocenters. The number of carbonyl (C=O) groups is 1. The molecule has 0 unspecified atom stereocenters. The first-order valence-corrected chi connectivity index (χ1v) is 21.5. The molecular weight excluding hydrogens is 721 g/mol. The molecule has 0 spiro atoms. The van der Waals surface area contributed by atoms with Crippen LogP contribution in [-0.4, -0.2) is 96.0 Å². The van der Waals surface area contributed by atoms with E-state index in [4.69, 9.17) is 37.6 Å². The lowest BCUT2D eigenvalue weighted by Gasteiger charge is -2.31. The summed E-state index contributed by atoms with van der Waals surface area (Å²) in [6.07, 6.45) is 18.3. The van der Waals surface area contributed by atoms with E-state index in [2.05, 4.69) is 51.5 Å². The molecule has 11 nitrogen and oxygen atoms in total. The zero-order chi connectivity index (χ0) is 39.7. The number of nitrogens with two attached hydrogens (primary N) is 1. The van der Waals surface area contributed by atoms with E-state index < -0.39 is 0 Å². The average Bonchev–Trinajstić information content (AvgIpc) is 3.66. The molecule has 2 saturated carbocycles. The van der Waals surface area contributed by atoms with Gasteiger partial charge in [0.15, 0.2) is 5.82 Å². The Morgan fingerprint density at radius 3 is 1.80 bits per heavy atom. The first kappa shape index (κ1) is 43.7. The van der Waals surface area contributed by atoms with E-state index in [1.807, 2.05) is 36.4 Å². The molecule has 0 radical (unpaired) electrons. The lowest BCUT2D eigenvalue weighted by Crippen LogP contribution is -2.43. The number of nitrogens with one attached hydrogen (secondary N) is 2. The number of hydrazine groups is 1. The van der Waals surface area contributed by atoms with Crippen LogP contribution in [0.3, 0.4) is 0 Å². The van der Waals surface area contributed by atoms with Crippen molar-refractivity contribution in [3.8, 4) is 11.5 Å². The van der Waals surface area contributed by atoms with Gasteiger partial charge in [-0.1, -0.05) is 75.0 Å². The minimum atomic E-state index is 0.100. The maximum Gasteiger partial charge on any atom is 0.227 e. The Hall–Kier alpha value is -3.42. The molecular formula is C44H68N8O3S. The fraction of sp³-hybridized carbons (Fsp3) is 0.636. The first-order valence-electron chi connectivity index (χ1n) is 21.1. The van der Waals surface area contributed by atoms with Crippen LogP contribution in [0.1, 0.15) is 125 Å². The normalized spacial score (nSPS) is 19.2. The third-order valence-electron chi connectivity index (χ3n) is 11.9. The van der Waals surface area contributed by atoms with Gasteiger partial charge in [0.05, 0.1) is 25.2 Å². The fourth-order valence-electron chi connectivity index (χ4n) is 8.28. The van der Waals surface area contributed by atoms with Crippen molar-refractivity contribution in [2.45, 2.75) is 121 Å². The number of piperidine rings is 2. The van der Waals surface area contributed by atoms with Crippen LogP contribution in [0.15, 0.2) is 48.5 Å². The van der Waals surface area contributed by atoms with Gasteiger partial charge >= 0.3 is 0 Å². The number of methoxy groups -OCH3 is 2. The van der Waals surface area contributed by atoms with Crippen molar-refractivity contribution in [2.24, 2.45) is 11.8 Å². The van der Waals surface area contributed by atoms with Crippen LogP contribution in [0, 0.1) is 5.92 Å². The number of rotatable bonds is 10. The van der Waals surface area contributed by atoms with E-state index in [9.17, 15) is 4.79 Å². The zero-order valence-corrected chi connectivity index (χ0v) is 35.3. The Morgan fingerprint density at radius 1 is 0.750 bits per heavy atom. The Labute approximate surface area is 341 Å². The van der Waals surface area contributed by atoms with E-state index in [0.29, 0.717) is 29.4 Å². The fourth-order valence-corrected chi connectivity index (χ4v) is 8.55. The third-order valence-corrected chi connectivity index (χ3v) is 12.2. The first-order chi connectivity index (χ1) is 27.2. The van der Waals surface area contributed by atoms with Gasteiger partial charge in [0.1, 0.15) is 17.3 Å². The van der Waals surface area contributed by atoms with Crippen LogP contribution in [0.25, 0.3) is 0 Å². The molecule has 4 N–H and O–H groups in total. The third kappa shape index (κ3) is 13.9. The predicted molar refractivity (Wildman–Crippen MR) is 229 cm³/mol. The van der Waals surface area contributed by atoms with Crippen molar-refractivity contribution in [1.82, 2.24) is 35.3 Å². The molecule has 56 heavy (non-hydrogen) atoms. The summed E-state index contributed by atoms with van der Waals surface area (Å²) in [5.74, 6) is 10.1. The van der Waals surface area contributed by atoms with Crippen LogP contribution >= 0.6 is 12.2 Å². The van der Waals surface area contributed by atoms with Crippen molar-refractivity contribution in [1.29, 1.82) is 0 Å². The highest BCUT2D eigenvalue weighted by Crippen LogP contribution is 2.35. The molecule has 0 bridgehead atoms. The van der Waals surface area contributed by atoms with Gasteiger partial charge in [-0.15, -0.1) is 0 Å². The van der Waals surface area contributed by atoms with Crippen molar-refractivity contribution in [3.05, 3.63) is 71.3 Å². The summed E-state index contributed by atoms with van der Waals surface area (Å²) in [5, 5.41) is 7.92. The highest BCUT2D eigenvalue weighted by atomic mass is 32.1. The van der Waals surface area contributed by atoms with E-state index in [-0.39, 0.29) is 11.8 Å². The Morgan fingerprint density at radius 2 is 1.27 bits per heavy atom. The number of hydrogen-bond acceptors (Lipinski definition) is 10. The number of aromatic nitrogens is 3. The molecule has 1 amide bonds. The summed E-state index contributed by atoms with van der Waals surface area (Å²) in [5.41, 5.74) is 5.12. The average molecular weight is 789 g/mol. The minimum Gasteiger partial charge on any atom is -0.497 e. The zero-order valence-electron chi connectivity index (χ0n) is 34.5. The number of likely N-dealkylation sites (tertiary alicyclic amines) is 2. The second kappa shape index (κ2) is 23.1. The molecule has 2 saturated heterocycles. The molecule has 2 aliphatic carbocycles. The van der Waals surface area contributed by atoms with Crippen LogP contribution in [0.4, 0.5) is 0 Å². The monoisotopic (exact) mass is 789 g/mol. The summed E-state index contributed by atoms with van der Waals surface area (Å²) >= 11 is 5.28.